The lowest BCUT2D eigenvalue weighted by Crippen LogP contribution is -2.16. The Morgan fingerprint density at radius 1 is 1.09 bits per heavy atom. The summed E-state index contributed by atoms with van der Waals surface area (Å²) < 4.78 is 32.4. The monoisotopic (exact) mass is 334 g/mol. The number of anilines is 1. The van der Waals surface area contributed by atoms with E-state index in [4.69, 9.17) is 10.5 Å². The number of sulfonamides is 1. The van der Waals surface area contributed by atoms with E-state index < -0.39 is 15.9 Å². The second-order valence-corrected chi connectivity index (χ2v) is 6.81. The van der Waals surface area contributed by atoms with Gasteiger partial charge in [0.1, 0.15) is 5.75 Å². The number of methoxy groups -OCH3 is 1. The molecule has 7 heteroatoms. The van der Waals surface area contributed by atoms with Crippen molar-refractivity contribution in [2.45, 2.75) is 18.7 Å². The normalized spacial score (nSPS) is 11.1. The summed E-state index contributed by atoms with van der Waals surface area (Å²) in [6.45, 7) is 3.84. The van der Waals surface area contributed by atoms with Gasteiger partial charge in [0.25, 0.3) is 15.9 Å². The number of carbonyl (C=O) groups is 1. The lowest BCUT2D eigenvalue weighted by molar-refractivity contribution is 0.0997. The second-order valence-electron chi connectivity index (χ2n) is 5.13. The molecule has 0 aliphatic heterocycles. The van der Waals surface area contributed by atoms with Crippen LogP contribution in [0, 0.1) is 13.8 Å². The minimum absolute atomic E-state index is 0.00969. The van der Waals surface area contributed by atoms with Gasteiger partial charge in [-0.05, 0) is 55.3 Å². The molecular weight excluding hydrogens is 316 g/mol. The van der Waals surface area contributed by atoms with Crippen LogP contribution >= 0.6 is 0 Å². The first kappa shape index (κ1) is 16.8. The molecule has 0 saturated heterocycles. The van der Waals surface area contributed by atoms with Crippen LogP contribution in [0.5, 0.6) is 5.75 Å². The highest BCUT2D eigenvalue weighted by atomic mass is 32.2. The Kier molecular flexibility index (Phi) is 4.60. The van der Waals surface area contributed by atoms with E-state index in [-0.39, 0.29) is 16.2 Å². The third-order valence-electron chi connectivity index (χ3n) is 3.51. The summed E-state index contributed by atoms with van der Waals surface area (Å²) in [5, 5.41) is 0. The van der Waals surface area contributed by atoms with Crippen LogP contribution < -0.4 is 15.2 Å². The van der Waals surface area contributed by atoms with Crippen LogP contribution in [0.3, 0.4) is 0 Å². The van der Waals surface area contributed by atoms with E-state index in [9.17, 15) is 13.2 Å². The molecule has 2 rings (SSSR count). The summed E-state index contributed by atoms with van der Waals surface area (Å²) in [6.07, 6.45) is 0. The molecule has 0 bridgehead atoms. The first-order valence-corrected chi connectivity index (χ1v) is 8.31. The maximum Gasteiger partial charge on any atom is 0.261 e. The van der Waals surface area contributed by atoms with Crippen molar-refractivity contribution in [3.05, 3.63) is 53.1 Å². The molecule has 0 aliphatic carbocycles. The molecule has 0 heterocycles. The van der Waals surface area contributed by atoms with Gasteiger partial charge in [-0.25, -0.2) is 8.42 Å². The van der Waals surface area contributed by atoms with Gasteiger partial charge in [-0.1, -0.05) is 6.07 Å². The molecule has 0 atom stereocenters. The number of ether oxygens (including phenoxy) is 1. The minimum atomic E-state index is -3.84. The molecule has 6 nitrogen and oxygen atoms in total. The van der Waals surface area contributed by atoms with Crippen molar-refractivity contribution in [1.29, 1.82) is 0 Å². The predicted molar refractivity (Wildman–Crippen MR) is 88.2 cm³/mol. The minimum Gasteiger partial charge on any atom is -0.496 e. The van der Waals surface area contributed by atoms with E-state index in [1.54, 1.807) is 12.1 Å². The van der Waals surface area contributed by atoms with Gasteiger partial charge in [-0.2, -0.15) is 0 Å². The summed E-state index contributed by atoms with van der Waals surface area (Å²) in [5.74, 6) is -0.535. The van der Waals surface area contributed by atoms with Gasteiger partial charge >= 0.3 is 0 Å². The number of nitrogens with two attached hydrogens (primary N) is 1. The average Bonchev–Trinajstić information content (AvgIpc) is 2.50. The molecular formula is C16H18N2O4S. The molecule has 0 aromatic heterocycles. The highest BCUT2D eigenvalue weighted by Crippen LogP contribution is 2.24. The number of benzene rings is 2. The largest absolute Gasteiger partial charge is 0.496 e. The fraction of sp³-hybridized carbons (Fsp3) is 0.188. The van der Waals surface area contributed by atoms with Crippen LogP contribution in [0.15, 0.2) is 41.3 Å². The number of primary amides is 1. The molecule has 0 unspecified atom stereocenters. The molecule has 0 saturated carbocycles. The van der Waals surface area contributed by atoms with Gasteiger partial charge in [-0.15, -0.1) is 0 Å². The zero-order valence-corrected chi connectivity index (χ0v) is 13.9. The van der Waals surface area contributed by atoms with Gasteiger partial charge in [-0.3, -0.25) is 9.52 Å². The van der Waals surface area contributed by atoms with Crippen molar-refractivity contribution in [1.82, 2.24) is 0 Å². The summed E-state index contributed by atoms with van der Waals surface area (Å²) in [7, 11) is -2.46. The molecule has 0 radical (unpaired) electrons. The van der Waals surface area contributed by atoms with E-state index in [1.165, 1.54) is 25.3 Å². The quantitative estimate of drug-likeness (QED) is 0.876. The number of amides is 1. The smallest absolute Gasteiger partial charge is 0.261 e. The van der Waals surface area contributed by atoms with Gasteiger partial charge in [0.05, 0.1) is 17.6 Å². The van der Waals surface area contributed by atoms with Crippen LogP contribution in [0.2, 0.25) is 0 Å². The number of hydrogen-bond donors (Lipinski definition) is 2. The van der Waals surface area contributed by atoms with Crippen molar-refractivity contribution < 1.29 is 17.9 Å². The van der Waals surface area contributed by atoms with E-state index in [2.05, 4.69) is 4.72 Å². The third kappa shape index (κ3) is 3.62. The predicted octanol–water partition coefficient (Wildman–Crippen LogP) is 2.21. The Morgan fingerprint density at radius 3 is 2.35 bits per heavy atom. The highest BCUT2D eigenvalue weighted by Gasteiger charge is 2.19. The van der Waals surface area contributed by atoms with Crippen molar-refractivity contribution in [2.24, 2.45) is 5.73 Å². The zero-order chi connectivity index (χ0) is 17.2. The maximum atomic E-state index is 12.5. The molecule has 0 aliphatic rings. The number of rotatable bonds is 5. The molecule has 0 fully saturated rings. The van der Waals surface area contributed by atoms with E-state index >= 15 is 0 Å². The van der Waals surface area contributed by atoms with Gasteiger partial charge < -0.3 is 10.5 Å². The van der Waals surface area contributed by atoms with Crippen LogP contribution in [-0.4, -0.2) is 21.4 Å². The van der Waals surface area contributed by atoms with E-state index in [0.29, 0.717) is 5.69 Å². The van der Waals surface area contributed by atoms with Crippen molar-refractivity contribution >= 4 is 21.6 Å². The van der Waals surface area contributed by atoms with Gasteiger partial charge in [0.2, 0.25) is 0 Å². The second kappa shape index (κ2) is 6.29. The number of hydrogen-bond acceptors (Lipinski definition) is 4. The molecule has 2 aromatic rings. The maximum absolute atomic E-state index is 12.5. The molecule has 0 spiro atoms. The summed E-state index contributed by atoms with van der Waals surface area (Å²) in [5.41, 5.74) is 7.75. The lowest BCUT2D eigenvalue weighted by Gasteiger charge is -2.12. The SMILES string of the molecule is COc1ccc(S(=O)(=O)Nc2ccc(C)c(C)c2)cc1C(N)=O. The summed E-state index contributed by atoms with van der Waals surface area (Å²) in [6, 6.07) is 9.20. The lowest BCUT2D eigenvalue weighted by atomic mass is 10.1. The van der Waals surface area contributed by atoms with Gasteiger partial charge in [0, 0.05) is 5.69 Å². The first-order valence-electron chi connectivity index (χ1n) is 6.82. The molecule has 122 valence electrons. The Labute approximate surface area is 135 Å². The molecule has 3 N–H and O–H groups in total. The van der Waals surface area contributed by atoms with Crippen molar-refractivity contribution in [2.75, 3.05) is 11.8 Å². The Hall–Kier alpha value is -2.54. The number of carbonyl (C=O) groups excluding carboxylic acids is 1. The molecule has 1 amide bonds. The standard InChI is InChI=1S/C16H18N2O4S/c1-10-4-5-12(8-11(10)2)18-23(20,21)13-6-7-15(22-3)14(9-13)16(17)19/h4-9,18H,1-3H3,(H2,17,19). The molecule has 2 aromatic carbocycles. The fourth-order valence-corrected chi connectivity index (χ4v) is 3.14. The van der Waals surface area contributed by atoms with E-state index in [1.807, 2.05) is 19.9 Å². The summed E-state index contributed by atoms with van der Waals surface area (Å²) in [4.78, 5) is 11.4. The van der Waals surface area contributed by atoms with Crippen LogP contribution in [0.25, 0.3) is 0 Å². The topological polar surface area (TPSA) is 98.5 Å². The molecule has 23 heavy (non-hydrogen) atoms. The van der Waals surface area contributed by atoms with Gasteiger partial charge in [0.15, 0.2) is 0 Å². The van der Waals surface area contributed by atoms with E-state index in [0.717, 1.165) is 11.1 Å². The zero-order valence-electron chi connectivity index (χ0n) is 13.1. The van der Waals surface area contributed by atoms with Crippen molar-refractivity contribution in [3.8, 4) is 5.75 Å². The van der Waals surface area contributed by atoms with Crippen molar-refractivity contribution in [3.63, 3.8) is 0 Å². The summed E-state index contributed by atoms with van der Waals surface area (Å²) >= 11 is 0. The first-order chi connectivity index (χ1) is 10.7. The van der Waals surface area contributed by atoms with Crippen LogP contribution in [0.1, 0.15) is 21.5 Å². The Balaban J connectivity index is 2.41. The third-order valence-corrected chi connectivity index (χ3v) is 4.88. The number of aryl methyl sites for hydroxylation is 2. The Morgan fingerprint density at radius 2 is 1.78 bits per heavy atom. The highest BCUT2D eigenvalue weighted by molar-refractivity contribution is 7.92. The number of nitrogens with one attached hydrogen (secondary N) is 1. The Bertz CT molecular complexity index is 860. The fourth-order valence-electron chi connectivity index (χ4n) is 2.07. The average molecular weight is 334 g/mol. The van der Waals surface area contributed by atoms with Crippen LogP contribution in [-0.2, 0) is 10.0 Å². The van der Waals surface area contributed by atoms with Crippen LogP contribution in [0.4, 0.5) is 5.69 Å².